The van der Waals surface area contributed by atoms with Crippen molar-refractivity contribution < 1.29 is 13.2 Å². The molecule has 172 valence electrons. The summed E-state index contributed by atoms with van der Waals surface area (Å²) < 4.78 is 28.3. The fraction of sp³-hybridized carbons (Fsp3) is 0.107. The molecular weight excluding hydrogens is 444 g/mol. The Morgan fingerprint density at radius 2 is 1.29 bits per heavy atom. The van der Waals surface area contributed by atoms with Crippen LogP contribution in [-0.4, -0.2) is 14.3 Å². The lowest BCUT2D eigenvalue weighted by Gasteiger charge is -2.25. The molecule has 34 heavy (non-hydrogen) atoms. The molecule has 0 aromatic heterocycles. The summed E-state index contributed by atoms with van der Waals surface area (Å²) in [7, 11) is -3.77. The summed E-state index contributed by atoms with van der Waals surface area (Å²) in [6.07, 6.45) is 0. The highest BCUT2D eigenvalue weighted by atomic mass is 32.2. The predicted octanol–water partition coefficient (Wildman–Crippen LogP) is 5.95. The van der Waals surface area contributed by atoms with Crippen LogP contribution in [0.2, 0.25) is 0 Å². The third kappa shape index (κ3) is 5.02. The first kappa shape index (κ1) is 23.3. The minimum Gasteiger partial charge on any atom is -0.322 e. The topological polar surface area (TPSA) is 66.5 Å². The number of hydrogen-bond acceptors (Lipinski definition) is 3. The molecule has 4 rings (SSSR count). The van der Waals surface area contributed by atoms with Gasteiger partial charge in [0, 0.05) is 11.3 Å². The molecule has 1 N–H and O–H groups in total. The van der Waals surface area contributed by atoms with Crippen LogP contribution in [0.5, 0.6) is 0 Å². The van der Waals surface area contributed by atoms with Crippen LogP contribution in [0.4, 0.5) is 11.4 Å². The van der Waals surface area contributed by atoms with E-state index in [0.29, 0.717) is 11.3 Å². The lowest BCUT2D eigenvalue weighted by molar-refractivity contribution is 0.102. The van der Waals surface area contributed by atoms with Crippen molar-refractivity contribution in [2.24, 2.45) is 0 Å². The Balaban J connectivity index is 1.59. The maximum atomic E-state index is 13.4. The van der Waals surface area contributed by atoms with Crippen molar-refractivity contribution in [3.63, 3.8) is 0 Å². The Hall–Kier alpha value is -3.90. The number of hydrogen-bond donors (Lipinski definition) is 1. The second-order valence-electron chi connectivity index (χ2n) is 8.08. The number of nitrogens with one attached hydrogen (secondary N) is 1. The molecule has 0 heterocycles. The van der Waals surface area contributed by atoms with Crippen LogP contribution < -0.4 is 9.62 Å². The molecular formula is C28H26N2O3S. The first-order chi connectivity index (χ1) is 16.4. The van der Waals surface area contributed by atoms with Crippen molar-refractivity contribution in [1.82, 2.24) is 0 Å². The maximum Gasteiger partial charge on any atom is 0.264 e. The molecule has 0 spiro atoms. The monoisotopic (exact) mass is 470 g/mol. The molecule has 0 unspecified atom stereocenters. The summed E-state index contributed by atoms with van der Waals surface area (Å²) in [5.74, 6) is -0.208. The number of para-hydroxylation sites is 2. The number of sulfonamides is 1. The van der Waals surface area contributed by atoms with Gasteiger partial charge in [0.1, 0.15) is 0 Å². The van der Waals surface area contributed by atoms with Gasteiger partial charge in [0.25, 0.3) is 15.9 Å². The van der Waals surface area contributed by atoms with Crippen LogP contribution in [0.15, 0.2) is 108 Å². The van der Waals surface area contributed by atoms with Gasteiger partial charge in [-0.25, -0.2) is 8.42 Å². The van der Waals surface area contributed by atoms with E-state index in [1.54, 1.807) is 66.7 Å². The van der Waals surface area contributed by atoms with Gasteiger partial charge in [-0.2, -0.15) is 0 Å². The average Bonchev–Trinajstić information content (AvgIpc) is 2.86. The first-order valence-corrected chi connectivity index (χ1v) is 12.4. The molecule has 0 fully saturated rings. The molecule has 0 atom stereocenters. The van der Waals surface area contributed by atoms with Crippen LogP contribution in [0.3, 0.4) is 0 Å². The van der Waals surface area contributed by atoms with Crippen LogP contribution in [-0.2, 0) is 16.6 Å². The zero-order valence-corrected chi connectivity index (χ0v) is 19.9. The van der Waals surface area contributed by atoms with Crippen molar-refractivity contribution in [1.29, 1.82) is 0 Å². The quantitative estimate of drug-likeness (QED) is 0.363. The van der Waals surface area contributed by atoms with E-state index >= 15 is 0 Å². The van der Waals surface area contributed by atoms with Crippen molar-refractivity contribution in [3.8, 4) is 0 Å². The fourth-order valence-electron chi connectivity index (χ4n) is 3.75. The summed E-state index contributed by atoms with van der Waals surface area (Å²) in [4.78, 5) is 13.0. The number of benzene rings is 4. The van der Waals surface area contributed by atoms with Gasteiger partial charge in [-0.1, -0.05) is 66.7 Å². The van der Waals surface area contributed by atoms with Gasteiger partial charge in [0.05, 0.1) is 17.1 Å². The standard InChI is InChI=1S/C28H26N2O3S/c1-21-10-9-11-22(2)27(21)29-28(31)24-18-16-23(17-19-24)20-30(25-12-5-3-6-13-25)34(32,33)26-14-7-4-8-15-26/h3-19H,20H2,1-2H3,(H,29,31). The third-order valence-corrected chi connectivity index (χ3v) is 7.43. The number of carbonyl (C=O) groups excluding carboxylic acids is 1. The molecule has 4 aromatic rings. The van der Waals surface area contributed by atoms with Gasteiger partial charge in [-0.3, -0.25) is 9.10 Å². The van der Waals surface area contributed by atoms with E-state index in [2.05, 4.69) is 5.32 Å². The summed E-state index contributed by atoms with van der Waals surface area (Å²) in [6, 6.07) is 30.3. The van der Waals surface area contributed by atoms with Gasteiger partial charge < -0.3 is 5.32 Å². The Kier molecular flexibility index (Phi) is 6.80. The van der Waals surface area contributed by atoms with Crippen LogP contribution in [0, 0.1) is 13.8 Å². The molecule has 4 aromatic carbocycles. The number of nitrogens with zero attached hydrogens (tertiary/aromatic N) is 1. The van der Waals surface area contributed by atoms with Crippen molar-refractivity contribution in [2.45, 2.75) is 25.3 Å². The molecule has 0 aliphatic heterocycles. The maximum absolute atomic E-state index is 13.4. The number of rotatable bonds is 7. The predicted molar refractivity (Wildman–Crippen MR) is 137 cm³/mol. The number of amides is 1. The lowest BCUT2D eigenvalue weighted by Crippen LogP contribution is -2.30. The Morgan fingerprint density at radius 1 is 0.735 bits per heavy atom. The van der Waals surface area contributed by atoms with Crippen LogP contribution >= 0.6 is 0 Å². The third-order valence-electron chi connectivity index (χ3n) is 5.64. The second-order valence-corrected chi connectivity index (χ2v) is 9.94. The van der Waals surface area contributed by atoms with Gasteiger partial charge in [0.15, 0.2) is 0 Å². The Labute approximate surface area is 200 Å². The molecule has 0 saturated heterocycles. The van der Waals surface area contributed by atoms with E-state index in [1.165, 1.54) is 4.31 Å². The van der Waals surface area contributed by atoms with E-state index in [-0.39, 0.29) is 17.3 Å². The molecule has 0 saturated carbocycles. The number of carbonyl (C=O) groups is 1. The average molecular weight is 471 g/mol. The van der Waals surface area contributed by atoms with Gasteiger partial charge >= 0.3 is 0 Å². The molecule has 5 nitrogen and oxygen atoms in total. The highest BCUT2D eigenvalue weighted by molar-refractivity contribution is 7.92. The van der Waals surface area contributed by atoms with E-state index in [4.69, 9.17) is 0 Å². The highest BCUT2D eigenvalue weighted by Crippen LogP contribution is 2.26. The smallest absolute Gasteiger partial charge is 0.264 e. The molecule has 1 amide bonds. The zero-order valence-electron chi connectivity index (χ0n) is 19.1. The minimum absolute atomic E-state index is 0.139. The molecule has 0 aliphatic carbocycles. The highest BCUT2D eigenvalue weighted by Gasteiger charge is 2.25. The summed E-state index contributed by atoms with van der Waals surface area (Å²) in [6.45, 7) is 4.05. The number of aryl methyl sites for hydroxylation is 2. The largest absolute Gasteiger partial charge is 0.322 e. The van der Waals surface area contributed by atoms with Crippen molar-refractivity contribution >= 4 is 27.3 Å². The van der Waals surface area contributed by atoms with Gasteiger partial charge in [0.2, 0.25) is 0 Å². The Bertz CT molecular complexity index is 1360. The fourth-order valence-corrected chi connectivity index (χ4v) is 5.23. The molecule has 0 radical (unpaired) electrons. The lowest BCUT2D eigenvalue weighted by atomic mass is 10.1. The number of anilines is 2. The van der Waals surface area contributed by atoms with Crippen LogP contribution in [0.1, 0.15) is 27.0 Å². The van der Waals surface area contributed by atoms with E-state index < -0.39 is 10.0 Å². The molecule has 0 aliphatic rings. The normalized spacial score (nSPS) is 11.1. The summed E-state index contributed by atoms with van der Waals surface area (Å²) in [5, 5.41) is 2.98. The first-order valence-electron chi connectivity index (χ1n) is 11.0. The van der Waals surface area contributed by atoms with Crippen molar-refractivity contribution in [3.05, 3.63) is 125 Å². The zero-order chi connectivity index (χ0) is 24.1. The van der Waals surface area contributed by atoms with E-state index in [0.717, 1.165) is 22.4 Å². The van der Waals surface area contributed by atoms with E-state index in [9.17, 15) is 13.2 Å². The van der Waals surface area contributed by atoms with Crippen molar-refractivity contribution in [2.75, 3.05) is 9.62 Å². The molecule has 6 heteroatoms. The van der Waals surface area contributed by atoms with E-state index in [1.807, 2.05) is 50.2 Å². The molecule has 0 bridgehead atoms. The van der Waals surface area contributed by atoms with Crippen LogP contribution in [0.25, 0.3) is 0 Å². The summed E-state index contributed by atoms with van der Waals surface area (Å²) in [5.41, 5.74) is 4.64. The van der Waals surface area contributed by atoms with Gasteiger partial charge in [-0.15, -0.1) is 0 Å². The minimum atomic E-state index is -3.77. The Morgan fingerprint density at radius 3 is 1.88 bits per heavy atom. The van der Waals surface area contributed by atoms with Gasteiger partial charge in [-0.05, 0) is 66.9 Å². The second kappa shape index (κ2) is 9.93. The summed E-state index contributed by atoms with van der Waals surface area (Å²) >= 11 is 0. The SMILES string of the molecule is Cc1cccc(C)c1NC(=O)c1ccc(CN(c2ccccc2)S(=O)(=O)c2ccccc2)cc1.